The SMILES string of the molecule is O=C1NC(=S)N(c2ccccc2F)C(=O)/C1=C/c1ccc(N2CCOCC2)c(F)c1. The van der Waals surface area contributed by atoms with Gasteiger partial charge in [-0.05, 0) is 48.1 Å². The molecule has 2 heterocycles. The minimum absolute atomic E-state index is 0.0766. The van der Waals surface area contributed by atoms with E-state index in [2.05, 4.69) is 5.32 Å². The summed E-state index contributed by atoms with van der Waals surface area (Å²) >= 11 is 5.05. The molecule has 1 N–H and O–H groups in total. The molecular formula is C21H17F2N3O3S. The van der Waals surface area contributed by atoms with Gasteiger partial charge in [-0.2, -0.15) is 0 Å². The second kappa shape index (κ2) is 8.29. The van der Waals surface area contributed by atoms with Gasteiger partial charge in [0.1, 0.15) is 17.2 Å². The van der Waals surface area contributed by atoms with Gasteiger partial charge in [-0.3, -0.25) is 14.9 Å². The second-order valence-corrected chi connectivity index (χ2v) is 7.11. The zero-order valence-corrected chi connectivity index (χ0v) is 16.5. The number of anilines is 2. The number of nitrogens with zero attached hydrogens (tertiary/aromatic N) is 2. The Morgan fingerprint density at radius 1 is 1.00 bits per heavy atom. The maximum Gasteiger partial charge on any atom is 0.270 e. The number of carbonyl (C=O) groups is 2. The van der Waals surface area contributed by atoms with Gasteiger partial charge in [-0.1, -0.05) is 18.2 Å². The Bertz CT molecular complexity index is 1070. The van der Waals surface area contributed by atoms with Crippen molar-refractivity contribution in [3.8, 4) is 0 Å². The predicted molar refractivity (Wildman–Crippen MR) is 112 cm³/mol. The van der Waals surface area contributed by atoms with Crippen LogP contribution in [0.5, 0.6) is 0 Å². The minimum atomic E-state index is -0.786. The Labute approximate surface area is 176 Å². The van der Waals surface area contributed by atoms with Crippen LogP contribution >= 0.6 is 12.2 Å². The lowest BCUT2D eigenvalue weighted by molar-refractivity contribution is -0.122. The first kappa shape index (κ1) is 20.1. The second-order valence-electron chi connectivity index (χ2n) is 6.72. The van der Waals surface area contributed by atoms with Gasteiger partial charge in [0, 0.05) is 13.1 Å². The number of amides is 2. The highest BCUT2D eigenvalue weighted by molar-refractivity contribution is 7.80. The van der Waals surface area contributed by atoms with Gasteiger partial charge < -0.3 is 9.64 Å². The van der Waals surface area contributed by atoms with Crippen LogP contribution in [0, 0.1) is 11.6 Å². The molecular weight excluding hydrogens is 412 g/mol. The molecule has 154 valence electrons. The fraction of sp³-hybridized carbons (Fsp3) is 0.190. The Balaban J connectivity index is 1.66. The number of carbonyl (C=O) groups excluding carboxylic acids is 2. The predicted octanol–water partition coefficient (Wildman–Crippen LogP) is 2.63. The van der Waals surface area contributed by atoms with E-state index in [1.165, 1.54) is 30.3 Å². The molecule has 0 atom stereocenters. The summed E-state index contributed by atoms with van der Waals surface area (Å²) in [6, 6.07) is 10.0. The largest absolute Gasteiger partial charge is 0.378 e. The van der Waals surface area contributed by atoms with Gasteiger partial charge in [-0.15, -0.1) is 0 Å². The number of hydrogen-bond donors (Lipinski definition) is 1. The molecule has 2 saturated heterocycles. The van der Waals surface area contributed by atoms with Gasteiger partial charge in [0.25, 0.3) is 11.8 Å². The van der Waals surface area contributed by atoms with Crippen LogP contribution in [0.25, 0.3) is 6.08 Å². The van der Waals surface area contributed by atoms with E-state index in [9.17, 15) is 18.4 Å². The number of halogens is 2. The van der Waals surface area contributed by atoms with Crippen molar-refractivity contribution in [2.75, 3.05) is 36.1 Å². The Hall–Kier alpha value is -3.17. The van der Waals surface area contributed by atoms with Crippen molar-refractivity contribution in [3.05, 3.63) is 65.2 Å². The third-order valence-corrected chi connectivity index (χ3v) is 5.11. The first-order chi connectivity index (χ1) is 14.5. The zero-order valence-electron chi connectivity index (χ0n) is 15.7. The Kier molecular flexibility index (Phi) is 5.56. The number of para-hydroxylation sites is 1. The molecule has 2 aromatic carbocycles. The molecule has 2 aromatic rings. The van der Waals surface area contributed by atoms with Gasteiger partial charge in [0.2, 0.25) is 0 Å². The summed E-state index contributed by atoms with van der Waals surface area (Å²) in [5, 5.41) is 2.16. The van der Waals surface area contributed by atoms with E-state index in [1.54, 1.807) is 18.2 Å². The van der Waals surface area contributed by atoms with Crippen LogP contribution in [0.3, 0.4) is 0 Å². The lowest BCUT2D eigenvalue weighted by Crippen LogP contribution is -2.54. The summed E-state index contributed by atoms with van der Waals surface area (Å²) in [5.41, 5.74) is 0.399. The summed E-state index contributed by atoms with van der Waals surface area (Å²) in [6.45, 7) is 2.19. The fourth-order valence-electron chi connectivity index (χ4n) is 3.35. The van der Waals surface area contributed by atoms with Crippen LogP contribution in [-0.2, 0) is 14.3 Å². The van der Waals surface area contributed by atoms with E-state index in [0.717, 1.165) is 4.90 Å². The summed E-state index contributed by atoms with van der Waals surface area (Å²) in [5.74, 6) is -2.65. The molecule has 2 fully saturated rings. The molecule has 9 heteroatoms. The van der Waals surface area contributed by atoms with Crippen molar-refractivity contribution >= 4 is 46.6 Å². The van der Waals surface area contributed by atoms with Crippen molar-refractivity contribution in [2.24, 2.45) is 0 Å². The van der Waals surface area contributed by atoms with Gasteiger partial charge >= 0.3 is 0 Å². The topological polar surface area (TPSA) is 61.9 Å². The van der Waals surface area contributed by atoms with E-state index in [-0.39, 0.29) is 16.4 Å². The summed E-state index contributed by atoms with van der Waals surface area (Å²) in [6.07, 6.45) is 1.26. The van der Waals surface area contributed by atoms with Crippen molar-refractivity contribution < 1.29 is 23.1 Å². The van der Waals surface area contributed by atoms with Crippen LogP contribution in [0.4, 0.5) is 20.2 Å². The van der Waals surface area contributed by atoms with E-state index in [1.807, 2.05) is 4.90 Å². The van der Waals surface area contributed by atoms with Crippen molar-refractivity contribution in [2.45, 2.75) is 0 Å². The van der Waals surface area contributed by atoms with E-state index in [4.69, 9.17) is 17.0 Å². The molecule has 2 amide bonds. The number of nitrogens with one attached hydrogen (secondary N) is 1. The highest BCUT2D eigenvalue weighted by Gasteiger charge is 2.35. The maximum absolute atomic E-state index is 14.7. The maximum atomic E-state index is 14.7. The molecule has 30 heavy (non-hydrogen) atoms. The molecule has 0 bridgehead atoms. The lowest BCUT2D eigenvalue weighted by atomic mass is 10.1. The number of ether oxygens (including phenoxy) is 1. The van der Waals surface area contributed by atoms with E-state index in [0.29, 0.717) is 37.6 Å². The number of thiocarbonyl (C=S) groups is 1. The number of hydrogen-bond acceptors (Lipinski definition) is 5. The highest BCUT2D eigenvalue weighted by atomic mass is 32.1. The zero-order chi connectivity index (χ0) is 21.3. The van der Waals surface area contributed by atoms with Crippen molar-refractivity contribution in [1.82, 2.24) is 5.32 Å². The van der Waals surface area contributed by atoms with E-state index >= 15 is 0 Å². The first-order valence-corrected chi connectivity index (χ1v) is 9.65. The van der Waals surface area contributed by atoms with Gasteiger partial charge in [0.05, 0.1) is 24.6 Å². The standard InChI is InChI=1S/C21H17F2N3O3S/c22-15-3-1-2-4-18(15)26-20(28)14(19(27)24-21(26)30)11-13-5-6-17(16(23)12-13)25-7-9-29-10-8-25/h1-6,11-12H,7-10H2,(H,24,27,30)/b14-11+. The molecule has 2 aliphatic heterocycles. The van der Waals surface area contributed by atoms with Gasteiger partial charge in [0.15, 0.2) is 5.11 Å². The Morgan fingerprint density at radius 2 is 1.73 bits per heavy atom. The van der Waals surface area contributed by atoms with Crippen LogP contribution < -0.4 is 15.1 Å². The smallest absolute Gasteiger partial charge is 0.270 e. The van der Waals surface area contributed by atoms with Crippen molar-refractivity contribution in [3.63, 3.8) is 0 Å². The normalized spacial score (nSPS) is 18.7. The molecule has 0 spiro atoms. The van der Waals surface area contributed by atoms with Gasteiger partial charge in [-0.25, -0.2) is 13.7 Å². The molecule has 0 aromatic heterocycles. The highest BCUT2D eigenvalue weighted by Crippen LogP contribution is 2.26. The molecule has 0 unspecified atom stereocenters. The molecule has 4 rings (SSSR count). The first-order valence-electron chi connectivity index (χ1n) is 9.24. The summed E-state index contributed by atoms with van der Waals surface area (Å²) in [7, 11) is 0. The lowest BCUT2D eigenvalue weighted by Gasteiger charge is -2.29. The molecule has 0 aliphatic carbocycles. The number of morpholine rings is 1. The van der Waals surface area contributed by atoms with E-state index < -0.39 is 23.4 Å². The van der Waals surface area contributed by atoms with Crippen LogP contribution in [0.1, 0.15) is 5.56 Å². The minimum Gasteiger partial charge on any atom is -0.378 e. The molecule has 6 nitrogen and oxygen atoms in total. The summed E-state index contributed by atoms with van der Waals surface area (Å²) < 4.78 is 34.1. The molecule has 2 aliphatic rings. The molecule has 0 saturated carbocycles. The third kappa shape index (κ3) is 3.81. The number of rotatable bonds is 3. The quantitative estimate of drug-likeness (QED) is 0.462. The summed E-state index contributed by atoms with van der Waals surface area (Å²) in [4.78, 5) is 28.1. The fourth-order valence-corrected chi connectivity index (χ4v) is 3.62. The monoisotopic (exact) mass is 429 g/mol. The van der Waals surface area contributed by atoms with Crippen molar-refractivity contribution in [1.29, 1.82) is 0 Å². The van der Waals surface area contributed by atoms with Crippen LogP contribution in [0.15, 0.2) is 48.0 Å². The third-order valence-electron chi connectivity index (χ3n) is 4.83. The average Bonchev–Trinajstić information content (AvgIpc) is 2.73. The van der Waals surface area contributed by atoms with Crippen LogP contribution in [-0.4, -0.2) is 43.2 Å². The average molecular weight is 429 g/mol. The number of benzene rings is 2. The Morgan fingerprint density at radius 3 is 2.43 bits per heavy atom. The molecule has 0 radical (unpaired) electrons. The van der Waals surface area contributed by atoms with Crippen LogP contribution in [0.2, 0.25) is 0 Å².